The first kappa shape index (κ1) is 14.3. The van der Waals surface area contributed by atoms with Crippen LogP contribution in [0.5, 0.6) is 0 Å². The summed E-state index contributed by atoms with van der Waals surface area (Å²) in [5.74, 6) is 0.304. The number of halogens is 1. The largest absolute Gasteiger partial charge is 0.322 e. The van der Waals surface area contributed by atoms with Crippen LogP contribution < -0.4 is 11.1 Å². The van der Waals surface area contributed by atoms with Gasteiger partial charge in [-0.2, -0.15) is 0 Å². The van der Waals surface area contributed by atoms with E-state index in [4.69, 9.17) is 5.73 Å². The molecule has 1 amide bonds. The fourth-order valence-corrected chi connectivity index (χ4v) is 1.87. The normalized spacial score (nSPS) is 9.87. The minimum absolute atomic E-state index is 0. The van der Waals surface area contributed by atoms with Gasteiger partial charge in [0.05, 0.1) is 6.54 Å². The van der Waals surface area contributed by atoms with Crippen LogP contribution in [-0.4, -0.2) is 22.6 Å². The zero-order chi connectivity index (χ0) is 10.6. The molecule has 7 heteroatoms. The Morgan fingerprint density at radius 1 is 1.53 bits per heavy atom. The molecule has 1 heterocycles. The quantitative estimate of drug-likeness (QED) is 0.837. The number of rotatable bonds is 4. The van der Waals surface area contributed by atoms with Gasteiger partial charge in [0.2, 0.25) is 11.0 Å². The van der Waals surface area contributed by atoms with Crippen molar-refractivity contribution < 1.29 is 4.79 Å². The Hall–Kier alpha value is -0.720. The molecule has 0 spiro atoms. The van der Waals surface area contributed by atoms with Gasteiger partial charge in [-0.25, -0.2) is 0 Å². The van der Waals surface area contributed by atoms with E-state index in [1.54, 1.807) is 0 Å². The molecule has 86 valence electrons. The van der Waals surface area contributed by atoms with Crippen molar-refractivity contribution >= 4 is 34.8 Å². The average molecular weight is 251 g/mol. The molecule has 0 saturated heterocycles. The van der Waals surface area contributed by atoms with Gasteiger partial charge in [-0.1, -0.05) is 25.2 Å². The lowest BCUT2D eigenvalue weighted by Crippen LogP contribution is -2.21. The molecule has 0 unspecified atom stereocenters. The van der Waals surface area contributed by atoms with Gasteiger partial charge in [-0.15, -0.1) is 22.6 Å². The minimum Gasteiger partial charge on any atom is -0.322 e. The molecular weight excluding hydrogens is 236 g/mol. The predicted molar refractivity (Wildman–Crippen MR) is 63.4 cm³/mol. The van der Waals surface area contributed by atoms with Gasteiger partial charge in [-0.05, 0) is 5.92 Å². The maximum atomic E-state index is 10.9. The highest BCUT2D eigenvalue weighted by molar-refractivity contribution is 7.15. The molecule has 0 aromatic carbocycles. The van der Waals surface area contributed by atoms with E-state index in [1.807, 2.05) is 0 Å². The molecule has 1 aromatic heterocycles. The maximum absolute atomic E-state index is 10.9. The first-order chi connectivity index (χ1) is 6.61. The Morgan fingerprint density at radius 2 is 2.20 bits per heavy atom. The summed E-state index contributed by atoms with van der Waals surface area (Å²) in [6.45, 7) is 4.19. The number of hydrogen-bond donors (Lipinski definition) is 2. The molecule has 5 nitrogen and oxygen atoms in total. The maximum Gasteiger partial charge on any atom is 0.239 e. The summed E-state index contributed by atoms with van der Waals surface area (Å²) >= 11 is 1.40. The number of carbonyl (C=O) groups excluding carboxylic acids is 1. The third-order valence-corrected chi connectivity index (χ3v) is 2.34. The second-order valence-electron chi connectivity index (χ2n) is 3.35. The highest BCUT2D eigenvalue weighted by Crippen LogP contribution is 2.17. The van der Waals surface area contributed by atoms with E-state index in [2.05, 4.69) is 29.4 Å². The lowest BCUT2D eigenvalue weighted by Gasteiger charge is -1.97. The lowest BCUT2D eigenvalue weighted by atomic mass is 10.1. The van der Waals surface area contributed by atoms with E-state index < -0.39 is 0 Å². The summed E-state index contributed by atoms with van der Waals surface area (Å²) in [7, 11) is 0. The van der Waals surface area contributed by atoms with Crippen LogP contribution in [0.25, 0.3) is 0 Å². The van der Waals surface area contributed by atoms with Gasteiger partial charge in [0.25, 0.3) is 0 Å². The summed E-state index contributed by atoms with van der Waals surface area (Å²) < 4.78 is 0. The molecule has 0 aliphatic carbocycles. The van der Waals surface area contributed by atoms with Crippen LogP contribution in [0.15, 0.2) is 0 Å². The standard InChI is InChI=1S/C8H14N4OS.ClH/c1-5(2)3-7-11-12-8(14-7)10-6(13)4-9;/h5H,3-4,9H2,1-2H3,(H,10,12,13);1H. The van der Waals surface area contributed by atoms with Crippen molar-refractivity contribution in [3.05, 3.63) is 5.01 Å². The van der Waals surface area contributed by atoms with Gasteiger partial charge < -0.3 is 5.73 Å². The van der Waals surface area contributed by atoms with Crippen molar-refractivity contribution in [3.63, 3.8) is 0 Å². The van der Waals surface area contributed by atoms with E-state index in [1.165, 1.54) is 11.3 Å². The number of nitrogens with zero attached hydrogens (tertiary/aromatic N) is 2. The number of nitrogens with two attached hydrogens (primary N) is 1. The zero-order valence-electron chi connectivity index (χ0n) is 8.69. The highest BCUT2D eigenvalue weighted by Gasteiger charge is 2.07. The molecule has 0 aliphatic heterocycles. The molecule has 3 N–H and O–H groups in total. The van der Waals surface area contributed by atoms with Crippen LogP contribution in [0.1, 0.15) is 18.9 Å². The van der Waals surface area contributed by atoms with Gasteiger partial charge in [0, 0.05) is 6.42 Å². The number of anilines is 1. The Labute approximate surface area is 98.9 Å². The summed E-state index contributed by atoms with van der Waals surface area (Å²) in [4.78, 5) is 10.9. The fourth-order valence-electron chi connectivity index (χ4n) is 0.906. The molecule has 0 saturated carbocycles. The first-order valence-corrected chi connectivity index (χ1v) is 5.25. The van der Waals surface area contributed by atoms with E-state index in [9.17, 15) is 4.79 Å². The second kappa shape index (κ2) is 6.71. The Kier molecular flexibility index (Phi) is 6.38. The molecule has 15 heavy (non-hydrogen) atoms. The van der Waals surface area contributed by atoms with Crippen molar-refractivity contribution in [3.8, 4) is 0 Å². The number of amides is 1. The van der Waals surface area contributed by atoms with Crippen molar-refractivity contribution in [2.45, 2.75) is 20.3 Å². The van der Waals surface area contributed by atoms with Crippen molar-refractivity contribution in [2.24, 2.45) is 11.7 Å². The van der Waals surface area contributed by atoms with Crippen molar-refractivity contribution in [2.75, 3.05) is 11.9 Å². The Balaban J connectivity index is 0.00000196. The molecule has 1 aromatic rings. The fraction of sp³-hybridized carbons (Fsp3) is 0.625. The van der Waals surface area contributed by atoms with Gasteiger partial charge in [-0.3, -0.25) is 10.1 Å². The molecule has 0 fully saturated rings. The minimum atomic E-state index is -0.239. The average Bonchev–Trinajstić information content (AvgIpc) is 2.51. The van der Waals surface area contributed by atoms with Crippen molar-refractivity contribution in [1.82, 2.24) is 10.2 Å². The molecule has 1 rings (SSSR count). The van der Waals surface area contributed by atoms with Crippen LogP contribution >= 0.6 is 23.7 Å². The molecular formula is C8H15ClN4OS. The van der Waals surface area contributed by atoms with Crippen LogP contribution in [0.2, 0.25) is 0 Å². The molecule has 0 atom stereocenters. The number of nitrogens with one attached hydrogen (secondary N) is 1. The highest BCUT2D eigenvalue weighted by atomic mass is 35.5. The number of aromatic nitrogens is 2. The van der Waals surface area contributed by atoms with Crippen LogP contribution in [0, 0.1) is 5.92 Å². The first-order valence-electron chi connectivity index (χ1n) is 4.44. The van der Waals surface area contributed by atoms with Gasteiger partial charge in [0.1, 0.15) is 5.01 Å². The van der Waals surface area contributed by atoms with Gasteiger partial charge >= 0.3 is 0 Å². The Bertz CT molecular complexity index is 315. The zero-order valence-corrected chi connectivity index (χ0v) is 10.3. The third kappa shape index (κ3) is 5.06. The Morgan fingerprint density at radius 3 is 2.73 bits per heavy atom. The SMILES string of the molecule is CC(C)Cc1nnc(NC(=O)CN)s1.Cl. The predicted octanol–water partition coefficient (Wildman–Crippen LogP) is 1.06. The third-order valence-electron chi connectivity index (χ3n) is 1.48. The molecule has 0 bridgehead atoms. The topological polar surface area (TPSA) is 80.9 Å². The van der Waals surface area contributed by atoms with E-state index >= 15 is 0 Å². The number of carbonyl (C=O) groups is 1. The summed E-state index contributed by atoms with van der Waals surface area (Å²) in [6.07, 6.45) is 0.885. The monoisotopic (exact) mass is 250 g/mol. The van der Waals surface area contributed by atoms with Gasteiger partial charge in [0.15, 0.2) is 0 Å². The van der Waals surface area contributed by atoms with Crippen molar-refractivity contribution in [1.29, 1.82) is 0 Å². The van der Waals surface area contributed by atoms with E-state index in [0.29, 0.717) is 11.0 Å². The second-order valence-corrected chi connectivity index (χ2v) is 4.41. The van der Waals surface area contributed by atoms with Crippen LogP contribution in [0.3, 0.4) is 0 Å². The lowest BCUT2D eigenvalue weighted by molar-refractivity contribution is -0.114. The summed E-state index contributed by atoms with van der Waals surface area (Å²) in [6, 6.07) is 0. The van der Waals surface area contributed by atoms with E-state index in [-0.39, 0.29) is 24.9 Å². The summed E-state index contributed by atoms with van der Waals surface area (Å²) in [5, 5.41) is 11.8. The molecule has 0 radical (unpaired) electrons. The van der Waals surface area contributed by atoms with Crippen LogP contribution in [-0.2, 0) is 11.2 Å². The van der Waals surface area contributed by atoms with Crippen LogP contribution in [0.4, 0.5) is 5.13 Å². The molecule has 0 aliphatic rings. The smallest absolute Gasteiger partial charge is 0.239 e. The summed E-state index contributed by atoms with van der Waals surface area (Å²) in [5.41, 5.74) is 5.15. The number of hydrogen-bond acceptors (Lipinski definition) is 5. The van der Waals surface area contributed by atoms with E-state index in [0.717, 1.165) is 11.4 Å².